The smallest absolute Gasteiger partial charge is 0.0431 e. The topological polar surface area (TPSA) is 32.3 Å². The van der Waals surface area contributed by atoms with Crippen LogP contribution in [0.1, 0.15) is 18.4 Å². The molecule has 0 aliphatic carbocycles. The standard InChI is InChI=1S/C21H21NO.ClH/c23-13-2-1-12-22-14-18-9-8-17-7-6-15-4-3-5-16-10-11-19(18)21(17)20(15)16;/h3-11,22-23H,1-2,12-14H2;1H. The largest absolute Gasteiger partial charge is 0.396 e. The minimum atomic E-state index is 0. The highest BCUT2D eigenvalue weighted by Crippen LogP contribution is 2.35. The lowest BCUT2D eigenvalue weighted by molar-refractivity contribution is 0.283. The van der Waals surface area contributed by atoms with Gasteiger partial charge >= 0.3 is 0 Å². The molecule has 4 rings (SSSR count). The second kappa shape index (κ2) is 7.35. The van der Waals surface area contributed by atoms with Crippen LogP contribution in [0.5, 0.6) is 0 Å². The van der Waals surface area contributed by atoms with E-state index < -0.39 is 0 Å². The molecule has 0 saturated carbocycles. The van der Waals surface area contributed by atoms with Crippen LogP contribution in [0.3, 0.4) is 0 Å². The highest BCUT2D eigenvalue weighted by Gasteiger charge is 2.10. The van der Waals surface area contributed by atoms with Gasteiger partial charge in [-0.3, -0.25) is 0 Å². The maximum Gasteiger partial charge on any atom is 0.0431 e. The van der Waals surface area contributed by atoms with Crippen molar-refractivity contribution in [3.05, 3.63) is 60.2 Å². The number of benzene rings is 4. The van der Waals surface area contributed by atoms with Crippen LogP contribution in [-0.2, 0) is 6.54 Å². The van der Waals surface area contributed by atoms with Crippen molar-refractivity contribution < 1.29 is 5.11 Å². The van der Waals surface area contributed by atoms with Gasteiger partial charge in [-0.05, 0) is 57.3 Å². The maximum atomic E-state index is 8.85. The molecule has 2 N–H and O–H groups in total. The first kappa shape index (κ1) is 17.0. The molecule has 0 unspecified atom stereocenters. The van der Waals surface area contributed by atoms with Gasteiger partial charge in [0.1, 0.15) is 0 Å². The fourth-order valence-electron chi connectivity index (χ4n) is 3.53. The summed E-state index contributed by atoms with van der Waals surface area (Å²) in [5.41, 5.74) is 1.35. The molecule has 0 fully saturated rings. The minimum Gasteiger partial charge on any atom is -0.396 e. The average Bonchev–Trinajstić information content (AvgIpc) is 2.60. The Morgan fingerprint density at radius 2 is 1.42 bits per heavy atom. The molecule has 0 atom stereocenters. The number of aliphatic hydroxyl groups is 1. The summed E-state index contributed by atoms with van der Waals surface area (Å²) in [7, 11) is 0. The summed E-state index contributed by atoms with van der Waals surface area (Å²) in [5.74, 6) is 0. The first-order chi connectivity index (χ1) is 11.4. The van der Waals surface area contributed by atoms with Crippen LogP contribution in [-0.4, -0.2) is 18.3 Å². The molecule has 0 aromatic heterocycles. The van der Waals surface area contributed by atoms with Crippen molar-refractivity contribution in [3.63, 3.8) is 0 Å². The van der Waals surface area contributed by atoms with Crippen LogP contribution in [0.4, 0.5) is 0 Å². The molecule has 124 valence electrons. The van der Waals surface area contributed by atoms with E-state index in [1.54, 1.807) is 0 Å². The van der Waals surface area contributed by atoms with Crippen molar-refractivity contribution in [1.29, 1.82) is 0 Å². The Morgan fingerprint density at radius 1 is 0.750 bits per heavy atom. The molecule has 0 aliphatic rings. The summed E-state index contributed by atoms with van der Waals surface area (Å²) in [6.45, 7) is 2.10. The van der Waals surface area contributed by atoms with Crippen molar-refractivity contribution in [2.24, 2.45) is 0 Å². The number of unbranched alkanes of at least 4 members (excludes halogenated alkanes) is 1. The molecule has 3 heteroatoms. The van der Waals surface area contributed by atoms with Crippen LogP contribution < -0.4 is 5.32 Å². The predicted molar refractivity (Wildman–Crippen MR) is 105 cm³/mol. The van der Waals surface area contributed by atoms with Gasteiger partial charge in [-0.1, -0.05) is 54.6 Å². The van der Waals surface area contributed by atoms with Gasteiger partial charge in [-0.25, -0.2) is 0 Å². The van der Waals surface area contributed by atoms with Crippen molar-refractivity contribution in [1.82, 2.24) is 5.32 Å². The Balaban J connectivity index is 0.00000169. The third-order valence-corrected chi connectivity index (χ3v) is 4.70. The van der Waals surface area contributed by atoms with E-state index in [0.29, 0.717) is 0 Å². The van der Waals surface area contributed by atoms with Gasteiger partial charge in [0.05, 0.1) is 0 Å². The molecule has 2 nitrogen and oxygen atoms in total. The quantitative estimate of drug-likeness (QED) is 0.388. The van der Waals surface area contributed by atoms with Crippen molar-refractivity contribution >= 4 is 44.7 Å². The molecule has 0 radical (unpaired) electrons. The van der Waals surface area contributed by atoms with Gasteiger partial charge in [0.2, 0.25) is 0 Å². The van der Waals surface area contributed by atoms with E-state index in [2.05, 4.69) is 59.9 Å². The second-order valence-electron chi connectivity index (χ2n) is 6.19. The number of nitrogens with one attached hydrogen (secondary N) is 1. The molecular weight excluding hydrogens is 318 g/mol. The van der Waals surface area contributed by atoms with Gasteiger partial charge in [-0.2, -0.15) is 0 Å². The zero-order valence-corrected chi connectivity index (χ0v) is 14.4. The molecule has 0 spiro atoms. The molecule has 0 heterocycles. The van der Waals surface area contributed by atoms with E-state index in [-0.39, 0.29) is 19.0 Å². The van der Waals surface area contributed by atoms with Crippen LogP contribution in [0.25, 0.3) is 32.3 Å². The van der Waals surface area contributed by atoms with Gasteiger partial charge < -0.3 is 10.4 Å². The molecule has 0 aliphatic heterocycles. The molecule has 0 bridgehead atoms. The van der Waals surface area contributed by atoms with Gasteiger partial charge in [0.15, 0.2) is 0 Å². The van der Waals surface area contributed by atoms with Gasteiger partial charge in [-0.15, -0.1) is 12.4 Å². The molecule has 4 aromatic carbocycles. The Morgan fingerprint density at radius 3 is 2.17 bits per heavy atom. The van der Waals surface area contributed by atoms with E-state index in [1.165, 1.54) is 37.9 Å². The van der Waals surface area contributed by atoms with E-state index in [4.69, 9.17) is 5.11 Å². The Labute approximate surface area is 148 Å². The number of rotatable bonds is 6. The molecule has 4 aromatic rings. The van der Waals surface area contributed by atoms with Crippen LogP contribution in [0, 0.1) is 0 Å². The van der Waals surface area contributed by atoms with Gasteiger partial charge in [0, 0.05) is 13.2 Å². The lowest BCUT2D eigenvalue weighted by atomic mass is 9.92. The number of halogens is 1. The Hall–Kier alpha value is -1.87. The Kier molecular flexibility index (Phi) is 5.20. The lowest BCUT2D eigenvalue weighted by Crippen LogP contribution is -2.15. The van der Waals surface area contributed by atoms with Crippen molar-refractivity contribution in [2.75, 3.05) is 13.2 Å². The summed E-state index contributed by atoms with van der Waals surface area (Å²) in [5, 5.41) is 20.4. The summed E-state index contributed by atoms with van der Waals surface area (Å²) < 4.78 is 0. The molecule has 24 heavy (non-hydrogen) atoms. The number of aliphatic hydroxyl groups excluding tert-OH is 1. The first-order valence-corrected chi connectivity index (χ1v) is 8.35. The molecular formula is C21H22ClNO. The predicted octanol–water partition coefficient (Wildman–Crippen LogP) is 4.87. The Bertz CT molecular complexity index is 935. The zero-order valence-electron chi connectivity index (χ0n) is 13.6. The maximum absolute atomic E-state index is 8.85. The molecule has 0 saturated heterocycles. The van der Waals surface area contributed by atoms with Crippen molar-refractivity contribution in [2.45, 2.75) is 19.4 Å². The molecule has 0 amide bonds. The minimum absolute atomic E-state index is 0. The summed E-state index contributed by atoms with van der Waals surface area (Å²) in [6, 6.07) is 19.9. The van der Waals surface area contributed by atoms with Crippen LogP contribution in [0.15, 0.2) is 54.6 Å². The summed E-state index contributed by atoms with van der Waals surface area (Å²) in [6.07, 6.45) is 1.88. The zero-order chi connectivity index (χ0) is 15.6. The average molecular weight is 340 g/mol. The van der Waals surface area contributed by atoms with E-state index in [0.717, 1.165) is 25.9 Å². The van der Waals surface area contributed by atoms with Crippen molar-refractivity contribution in [3.8, 4) is 0 Å². The van der Waals surface area contributed by atoms with Crippen LogP contribution >= 0.6 is 12.4 Å². The van der Waals surface area contributed by atoms with E-state index >= 15 is 0 Å². The SMILES string of the molecule is Cl.OCCCCNCc1ccc2ccc3cccc4ccc1c2c34. The summed E-state index contributed by atoms with van der Waals surface area (Å²) >= 11 is 0. The second-order valence-corrected chi connectivity index (χ2v) is 6.19. The highest BCUT2D eigenvalue weighted by molar-refractivity contribution is 6.23. The third-order valence-electron chi connectivity index (χ3n) is 4.70. The van der Waals surface area contributed by atoms with E-state index in [1.807, 2.05) is 0 Å². The summed E-state index contributed by atoms with van der Waals surface area (Å²) in [4.78, 5) is 0. The highest BCUT2D eigenvalue weighted by atomic mass is 35.5. The van der Waals surface area contributed by atoms with Crippen LogP contribution in [0.2, 0.25) is 0 Å². The normalized spacial score (nSPS) is 11.4. The fourth-order valence-corrected chi connectivity index (χ4v) is 3.53. The lowest BCUT2D eigenvalue weighted by Gasteiger charge is -2.14. The third kappa shape index (κ3) is 2.93. The monoisotopic (exact) mass is 339 g/mol. The first-order valence-electron chi connectivity index (χ1n) is 8.35. The number of hydrogen-bond donors (Lipinski definition) is 2. The number of hydrogen-bond acceptors (Lipinski definition) is 2. The van der Waals surface area contributed by atoms with Gasteiger partial charge in [0.25, 0.3) is 0 Å². The fraction of sp³-hybridized carbons (Fsp3) is 0.238. The van der Waals surface area contributed by atoms with E-state index in [9.17, 15) is 0 Å².